The molecule has 4 heteroatoms. The van der Waals surface area contributed by atoms with Gasteiger partial charge in [0.15, 0.2) is 0 Å². The summed E-state index contributed by atoms with van der Waals surface area (Å²) in [5.41, 5.74) is 12.6. The van der Waals surface area contributed by atoms with Crippen LogP contribution in [-0.2, 0) is 0 Å². The third kappa shape index (κ3) is 4.00. The van der Waals surface area contributed by atoms with Gasteiger partial charge in [-0.15, -0.1) is 11.6 Å². The first-order chi connectivity index (χ1) is 15.2. The van der Waals surface area contributed by atoms with E-state index in [2.05, 4.69) is 82.1 Å². The van der Waals surface area contributed by atoms with E-state index in [1.807, 2.05) is 6.08 Å². The van der Waals surface area contributed by atoms with E-state index in [1.165, 1.54) is 44.6 Å². The molecule has 1 atom stereocenters. The SMILES string of the molecule is Cc1cc(C)c(C2CNC(=C3CC=CC(CCl)=C3Cl)N2c2c(C)cc(C)cc2C)c(C)c1. The molecule has 1 aliphatic heterocycles. The second kappa shape index (κ2) is 9.00. The molecule has 0 saturated carbocycles. The van der Waals surface area contributed by atoms with E-state index in [1.54, 1.807) is 0 Å². The summed E-state index contributed by atoms with van der Waals surface area (Å²) < 4.78 is 0. The van der Waals surface area contributed by atoms with Crippen LogP contribution in [0.4, 0.5) is 5.69 Å². The van der Waals surface area contributed by atoms with Gasteiger partial charge in [-0.05, 0) is 81.4 Å². The molecule has 1 heterocycles. The Balaban J connectivity index is 1.98. The van der Waals surface area contributed by atoms with Gasteiger partial charge in [0, 0.05) is 23.7 Å². The Kier molecular flexibility index (Phi) is 6.47. The lowest BCUT2D eigenvalue weighted by Gasteiger charge is -2.33. The van der Waals surface area contributed by atoms with Crippen LogP contribution >= 0.6 is 23.2 Å². The number of benzene rings is 2. The Morgan fingerprint density at radius 1 is 0.906 bits per heavy atom. The summed E-state index contributed by atoms with van der Waals surface area (Å²) in [6.07, 6.45) is 5.00. The Bertz CT molecular complexity index is 1120. The highest BCUT2D eigenvalue weighted by molar-refractivity contribution is 6.33. The highest BCUT2D eigenvalue weighted by Crippen LogP contribution is 2.44. The molecule has 168 valence electrons. The zero-order valence-electron chi connectivity index (χ0n) is 19.9. The van der Waals surface area contributed by atoms with E-state index in [-0.39, 0.29) is 6.04 Å². The van der Waals surface area contributed by atoms with E-state index in [9.17, 15) is 0 Å². The van der Waals surface area contributed by atoms with Crippen molar-refractivity contribution >= 4 is 28.9 Å². The van der Waals surface area contributed by atoms with Crippen molar-refractivity contribution in [3.05, 3.63) is 97.4 Å². The molecule has 2 aliphatic rings. The standard InChI is InChI=1S/C28H32Cl2N2/c1-16-10-18(3)25(19(4)11-16)24-15-31-28(23-9-7-8-22(14-29)26(23)30)32(24)27-20(5)12-17(2)13-21(27)6/h7-8,10-13,24,31H,9,14-15H2,1-6H3. The Labute approximate surface area is 202 Å². The number of rotatable bonds is 3. The number of alkyl halides is 1. The van der Waals surface area contributed by atoms with Crippen LogP contribution in [0.3, 0.4) is 0 Å². The Morgan fingerprint density at radius 2 is 1.47 bits per heavy atom. The lowest BCUT2D eigenvalue weighted by Crippen LogP contribution is -2.27. The average Bonchev–Trinajstić information content (AvgIpc) is 3.10. The van der Waals surface area contributed by atoms with Crippen molar-refractivity contribution in [1.82, 2.24) is 5.32 Å². The average molecular weight is 467 g/mol. The van der Waals surface area contributed by atoms with E-state index < -0.39 is 0 Å². The smallest absolute Gasteiger partial charge is 0.112 e. The number of hydrogen-bond acceptors (Lipinski definition) is 2. The molecule has 4 rings (SSSR count). The number of halogens is 2. The number of nitrogens with one attached hydrogen (secondary N) is 1. The molecule has 1 aliphatic carbocycles. The van der Waals surface area contributed by atoms with E-state index in [0.29, 0.717) is 5.88 Å². The summed E-state index contributed by atoms with van der Waals surface area (Å²) in [6.45, 7) is 14.1. The molecule has 0 spiro atoms. The Morgan fingerprint density at radius 3 is 2.03 bits per heavy atom. The van der Waals surface area contributed by atoms with E-state index in [4.69, 9.17) is 23.2 Å². The summed E-state index contributed by atoms with van der Waals surface area (Å²) in [4.78, 5) is 2.50. The third-order valence-corrected chi connectivity index (χ3v) is 7.34. The van der Waals surface area contributed by atoms with Gasteiger partial charge < -0.3 is 10.2 Å². The molecule has 1 N–H and O–H groups in total. The van der Waals surface area contributed by atoms with Crippen LogP contribution in [0.2, 0.25) is 0 Å². The molecule has 0 radical (unpaired) electrons. The number of nitrogens with zero attached hydrogens (tertiary/aromatic N) is 1. The monoisotopic (exact) mass is 466 g/mol. The van der Waals surface area contributed by atoms with Gasteiger partial charge >= 0.3 is 0 Å². The van der Waals surface area contributed by atoms with Crippen molar-refractivity contribution in [3.63, 3.8) is 0 Å². The van der Waals surface area contributed by atoms with Gasteiger partial charge in [0.25, 0.3) is 0 Å². The van der Waals surface area contributed by atoms with Crippen LogP contribution in [0, 0.1) is 41.5 Å². The molecule has 2 nitrogen and oxygen atoms in total. The molecular formula is C28H32Cl2N2. The summed E-state index contributed by atoms with van der Waals surface area (Å²) in [5.74, 6) is 1.51. The fraction of sp³-hybridized carbons (Fsp3) is 0.357. The van der Waals surface area contributed by atoms with E-state index >= 15 is 0 Å². The number of hydrogen-bond donors (Lipinski definition) is 1. The second-order valence-corrected chi connectivity index (χ2v) is 9.88. The number of allylic oxidation sites excluding steroid dienone is 5. The molecule has 0 bridgehead atoms. The molecule has 0 amide bonds. The van der Waals surface area contributed by atoms with Gasteiger partial charge in [0.2, 0.25) is 0 Å². The lowest BCUT2D eigenvalue weighted by molar-refractivity contribution is 0.741. The fourth-order valence-corrected chi connectivity index (χ4v) is 6.11. The molecular weight excluding hydrogens is 435 g/mol. The first-order valence-corrected chi connectivity index (χ1v) is 12.2. The van der Waals surface area contributed by atoms with Crippen molar-refractivity contribution in [2.24, 2.45) is 0 Å². The first kappa shape index (κ1) is 23.0. The predicted molar refractivity (Wildman–Crippen MR) is 139 cm³/mol. The number of anilines is 1. The number of aryl methyl sites for hydroxylation is 6. The minimum absolute atomic E-state index is 0.188. The van der Waals surface area contributed by atoms with Crippen LogP contribution in [0.5, 0.6) is 0 Å². The largest absolute Gasteiger partial charge is 0.369 e. The molecule has 2 aromatic carbocycles. The summed E-state index contributed by atoms with van der Waals surface area (Å²) in [6, 6.07) is 9.33. The molecule has 0 aromatic heterocycles. The Hall–Kier alpha value is -2.16. The summed E-state index contributed by atoms with van der Waals surface area (Å²) in [7, 11) is 0. The van der Waals surface area contributed by atoms with Crippen molar-refractivity contribution < 1.29 is 0 Å². The molecule has 1 saturated heterocycles. The quantitative estimate of drug-likeness (QED) is 0.468. The molecule has 1 fully saturated rings. The van der Waals surface area contributed by atoms with Crippen LogP contribution in [0.25, 0.3) is 0 Å². The normalized spacial score (nSPS) is 20.9. The maximum Gasteiger partial charge on any atom is 0.112 e. The maximum atomic E-state index is 6.88. The maximum absolute atomic E-state index is 6.88. The van der Waals surface area contributed by atoms with Gasteiger partial charge in [-0.25, -0.2) is 0 Å². The van der Waals surface area contributed by atoms with Crippen LogP contribution in [0.15, 0.2) is 58.4 Å². The highest BCUT2D eigenvalue weighted by Gasteiger charge is 2.36. The minimum atomic E-state index is 0.188. The molecule has 32 heavy (non-hydrogen) atoms. The van der Waals surface area contributed by atoms with Gasteiger partial charge in [0.05, 0.1) is 11.1 Å². The zero-order chi connectivity index (χ0) is 23.2. The molecule has 2 aromatic rings. The predicted octanol–water partition coefficient (Wildman–Crippen LogP) is 7.59. The molecule has 1 unspecified atom stereocenters. The minimum Gasteiger partial charge on any atom is -0.369 e. The van der Waals surface area contributed by atoms with Crippen LogP contribution in [-0.4, -0.2) is 12.4 Å². The van der Waals surface area contributed by atoms with Crippen molar-refractivity contribution in [1.29, 1.82) is 0 Å². The van der Waals surface area contributed by atoms with Gasteiger partial charge in [-0.2, -0.15) is 0 Å². The topological polar surface area (TPSA) is 15.3 Å². The lowest BCUT2D eigenvalue weighted by atomic mass is 9.92. The van der Waals surface area contributed by atoms with Crippen LogP contribution in [0.1, 0.15) is 51.4 Å². The van der Waals surface area contributed by atoms with Gasteiger partial charge in [-0.3, -0.25) is 0 Å². The van der Waals surface area contributed by atoms with Gasteiger partial charge in [-0.1, -0.05) is 59.1 Å². The van der Waals surface area contributed by atoms with Gasteiger partial charge in [0.1, 0.15) is 5.82 Å². The fourth-order valence-electron chi connectivity index (χ4n) is 5.53. The third-order valence-electron chi connectivity index (χ3n) is 6.58. The highest BCUT2D eigenvalue weighted by atomic mass is 35.5. The van der Waals surface area contributed by atoms with Crippen LogP contribution < -0.4 is 10.2 Å². The summed E-state index contributed by atoms with van der Waals surface area (Å²) >= 11 is 13.1. The second-order valence-electron chi connectivity index (χ2n) is 9.23. The van der Waals surface area contributed by atoms with Crippen molar-refractivity contribution in [2.75, 3.05) is 17.3 Å². The summed E-state index contributed by atoms with van der Waals surface area (Å²) in [5, 5.41) is 4.52. The van der Waals surface area contributed by atoms with E-state index in [0.717, 1.165) is 35.0 Å². The zero-order valence-corrected chi connectivity index (χ0v) is 21.4. The van der Waals surface area contributed by atoms with Crippen molar-refractivity contribution in [2.45, 2.75) is 54.0 Å². The van der Waals surface area contributed by atoms with Crippen molar-refractivity contribution in [3.8, 4) is 0 Å². The first-order valence-electron chi connectivity index (χ1n) is 11.3.